The molecule has 0 bridgehead atoms. The Morgan fingerprint density at radius 2 is 1.92 bits per heavy atom. The van der Waals surface area contributed by atoms with Gasteiger partial charge in [-0.3, -0.25) is 4.90 Å². The first-order valence-corrected chi connectivity index (χ1v) is 4.01. The maximum Gasteiger partial charge on any atom is 0.139 e. The smallest absolute Gasteiger partial charge is 0.139 e. The molecule has 0 spiro atoms. The van der Waals surface area contributed by atoms with E-state index in [1.165, 1.54) is 11.0 Å². The van der Waals surface area contributed by atoms with Crippen molar-refractivity contribution >= 4 is 0 Å². The molecule has 1 aromatic heterocycles. The predicted molar refractivity (Wildman–Crippen MR) is 43.6 cm³/mol. The average Bonchev–Trinajstić information content (AvgIpc) is 2.58. The molecule has 0 saturated heterocycles. The van der Waals surface area contributed by atoms with Crippen molar-refractivity contribution in [3.8, 4) is 0 Å². The molecule has 74 valence electrons. The Balaban J connectivity index is 2.37. The molecule has 7 heteroatoms. The third-order valence-corrected chi connectivity index (χ3v) is 1.57. The topological polar surface area (TPSA) is 87.3 Å². The van der Waals surface area contributed by atoms with E-state index in [4.69, 9.17) is 10.2 Å². The van der Waals surface area contributed by atoms with E-state index in [2.05, 4.69) is 15.5 Å². The van der Waals surface area contributed by atoms with Gasteiger partial charge in [0.25, 0.3) is 0 Å². The Hall–Kier alpha value is -1.05. The van der Waals surface area contributed by atoms with E-state index in [0.717, 1.165) is 0 Å². The lowest BCUT2D eigenvalue weighted by atomic mass is 10.5. The summed E-state index contributed by atoms with van der Waals surface area (Å²) in [6, 6.07) is 0. The van der Waals surface area contributed by atoms with Crippen molar-refractivity contribution in [2.45, 2.75) is 6.67 Å². The Labute approximate surface area is 75.6 Å². The second-order valence-corrected chi connectivity index (χ2v) is 2.56. The van der Waals surface area contributed by atoms with Crippen molar-refractivity contribution in [3.05, 3.63) is 6.33 Å². The zero-order valence-electron chi connectivity index (χ0n) is 7.24. The van der Waals surface area contributed by atoms with Crippen molar-refractivity contribution in [3.63, 3.8) is 0 Å². The van der Waals surface area contributed by atoms with E-state index in [0.29, 0.717) is 19.8 Å². The molecule has 0 atom stereocenters. The molecule has 0 aliphatic rings. The maximum atomic E-state index is 8.71. The highest BCUT2D eigenvalue weighted by atomic mass is 16.3. The van der Waals surface area contributed by atoms with E-state index in [-0.39, 0.29) is 13.2 Å². The Bertz CT molecular complexity index is 209. The lowest BCUT2D eigenvalue weighted by Crippen LogP contribution is -2.32. The maximum absolute atomic E-state index is 8.71. The molecule has 2 N–H and O–H groups in total. The van der Waals surface area contributed by atoms with Crippen LogP contribution in [-0.4, -0.2) is 61.6 Å². The summed E-state index contributed by atoms with van der Waals surface area (Å²) in [5.74, 6) is 0. The molecule has 7 nitrogen and oxygen atoms in total. The first kappa shape index (κ1) is 10.0. The largest absolute Gasteiger partial charge is 0.395 e. The van der Waals surface area contributed by atoms with Gasteiger partial charge in [-0.25, -0.2) is 4.68 Å². The molecule has 0 aliphatic heterocycles. The van der Waals surface area contributed by atoms with E-state index in [1.54, 1.807) is 0 Å². The van der Waals surface area contributed by atoms with Crippen LogP contribution in [0.3, 0.4) is 0 Å². The van der Waals surface area contributed by atoms with Crippen LogP contribution < -0.4 is 0 Å². The molecule has 0 amide bonds. The fraction of sp³-hybridized carbons (Fsp3) is 0.833. The van der Waals surface area contributed by atoms with Gasteiger partial charge in [-0.1, -0.05) is 0 Å². The molecule has 0 aliphatic carbocycles. The lowest BCUT2D eigenvalue weighted by molar-refractivity contribution is 0.128. The molecule has 1 heterocycles. The van der Waals surface area contributed by atoms with Gasteiger partial charge in [-0.15, -0.1) is 5.10 Å². The van der Waals surface area contributed by atoms with Gasteiger partial charge in [0, 0.05) is 13.1 Å². The summed E-state index contributed by atoms with van der Waals surface area (Å²) in [5.41, 5.74) is 0. The van der Waals surface area contributed by atoms with Crippen LogP contribution in [0, 0.1) is 0 Å². The molecule has 1 aromatic rings. The molecule has 0 saturated carbocycles. The van der Waals surface area contributed by atoms with Gasteiger partial charge in [-0.05, 0) is 10.4 Å². The van der Waals surface area contributed by atoms with Gasteiger partial charge in [0.1, 0.15) is 6.33 Å². The zero-order chi connectivity index (χ0) is 9.52. The number of aliphatic hydroxyl groups excluding tert-OH is 2. The molecular weight excluding hydrogens is 174 g/mol. The summed E-state index contributed by atoms with van der Waals surface area (Å²) < 4.78 is 1.53. The highest BCUT2D eigenvalue weighted by molar-refractivity contribution is 4.53. The molecule has 0 aromatic carbocycles. The van der Waals surface area contributed by atoms with Crippen LogP contribution in [-0.2, 0) is 6.67 Å². The van der Waals surface area contributed by atoms with Gasteiger partial charge >= 0.3 is 0 Å². The fourth-order valence-corrected chi connectivity index (χ4v) is 0.986. The normalized spacial score (nSPS) is 11.0. The Morgan fingerprint density at radius 1 is 1.23 bits per heavy atom. The molecule has 1 rings (SSSR count). The van der Waals surface area contributed by atoms with E-state index in [1.807, 2.05) is 4.90 Å². The van der Waals surface area contributed by atoms with Gasteiger partial charge in [-0.2, -0.15) is 0 Å². The van der Waals surface area contributed by atoms with Crippen LogP contribution in [0.1, 0.15) is 0 Å². The van der Waals surface area contributed by atoms with Gasteiger partial charge < -0.3 is 10.2 Å². The zero-order valence-corrected chi connectivity index (χ0v) is 7.24. The molecule has 13 heavy (non-hydrogen) atoms. The third-order valence-electron chi connectivity index (χ3n) is 1.57. The van der Waals surface area contributed by atoms with Crippen molar-refractivity contribution in [2.75, 3.05) is 26.3 Å². The minimum atomic E-state index is 0.0577. The summed E-state index contributed by atoms with van der Waals surface area (Å²) in [6.45, 7) is 1.60. The second kappa shape index (κ2) is 5.57. The van der Waals surface area contributed by atoms with Crippen molar-refractivity contribution in [1.29, 1.82) is 0 Å². The number of rotatable bonds is 6. The summed E-state index contributed by atoms with van der Waals surface area (Å²) in [5, 5.41) is 28.0. The number of nitrogens with zero attached hydrogens (tertiary/aromatic N) is 5. The number of hydrogen-bond acceptors (Lipinski definition) is 6. The first-order valence-electron chi connectivity index (χ1n) is 4.01. The summed E-state index contributed by atoms with van der Waals surface area (Å²) in [4.78, 5) is 1.84. The number of aliphatic hydroxyl groups is 2. The van der Waals surface area contributed by atoms with Gasteiger partial charge in [0.2, 0.25) is 0 Å². The van der Waals surface area contributed by atoms with Crippen molar-refractivity contribution in [1.82, 2.24) is 25.1 Å². The summed E-state index contributed by atoms with van der Waals surface area (Å²) in [7, 11) is 0. The molecule has 0 radical (unpaired) electrons. The van der Waals surface area contributed by atoms with Gasteiger partial charge in [0.15, 0.2) is 0 Å². The highest BCUT2D eigenvalue weighted by Gasteiger charge is 2.04. The predicted octanol–water partition coefficient (Wildman–Crippen LogP) is -2.08. The fourth-order valence-electron chi connectivity index (χ4n) is 0.986. The van der Waals surface area contributed by atoms with Crippen LogP contribution in [0.5, 0.6) is 0 Å². The molecular formula is C6H13N5O2. The molecule has 0 fully saturated rings. The van der Waals surface area contributed by atoms with Crippen LogP contribution in [0.25, 0.3) is 0 Å². The first-order chi connectivity index (χ1) is 6.36. The third kappa shape index (κ3) is 3.45. The summed E-state index contributed by atoms with van der Waals surface area (Å²) in [6.07, 6.45) is 1.49. The van der Waals surface area contributed by atoms with Crippen molar-refractivity contribution < 1.29 is 10.2 Å². The van der Waals surface area contributed by atoms with Crippen LogP contribution in [0.4, 0.5) is 0 Å². The van der Waals surface area contributed by atoms with Crippen LogP contribution in [0.15, 0.2) is 6.33 Å². The van der Waals surface area contributed by atoms with E-state index in [9.17, 15) is 0 Å². The number of tetrazole rings is 1. The average molecular weight is 187 g/mol. The minimum absolute atomic E-state index is 0.0577. The quantitative estimate of drug-likeness (QED) is 0.531. The Kier molecular flexibility index (Phi) is 4.30. The SMILES string of the molecule is OCCN(CCO)Cn1cnnn1. The lowest BCUT2D eigenvalue weighted by Gasteiger charge is -2.18. The molecule has 0 unspecified atom stereocenters. The monoisotopic (exact) mass is 187 g/mol. The number of hydrogen-bond donors (Lipinski definition) is 2. The number of aromatic nitrogens is 4. The van der Waals surface area contributed by atoms with Crippen LogP contribution >= 0.6 is 0 Å². The van der Waals surface area contributed by atoms with Crippen molar-refractivity contribution in [2.24, 2.45) is 0 Å². The minimum Gasteiger partial charge on any atom is -0.395 e. The van der Waals surface area contributed by atoms with Crippen LogP contribution in [0.2, 0.25) is 0 Å². The Morgan fingerprint density at radius 3 is 2.38 bits per heavy atom. The van der Waals surface area contributed by atoms with Gasteiger partial charge in [0.05, 0.1) is 19.9 Å². The van der Waals surface area contributed by atoms with E-state index >= 15 is 0 Å². The summed E-state index contributed by atoms with van der Waals surface area (Å²) >= 11 is 0. The standard InChI is InChI=1S/C6H13N5O2/c12-3-1-10(2-4-13)6-11-5-7-8-9-11/h5,12-13H,1-4,6H2. The highest BCUT2D eigenvalue weighted by Crippen LogP contribution is 1.90. The van der Waals surface area contributed by atoms with E-state index < -0.39 is 0 Å². The second-order valence-electron chi connectivity index (χ2n) is 2.56.